The van der Waals surface area contributed by atoms with Crippen LogP contribution in [-0.2, 0) is 0 Å². The van der Waals surface area contributed by atoms with Gasteiger partial charge in [-0.15, -0.1) is 0 Å². The quantitative estimate of drug-likeness (QED) is 0.660. The maximum atomic E-state index is 10.3. The number of aliphatic hydroxyl groups is 1. The fraction of sp³-hybridized carbons (Fsp3) is 0.0769. The van der Waals surface area contributed by atoms with Crippen LogP contribution in [0.5, 0.6) is 0 Å². The number of rotatable bonds is 2. The molecule has 0 spiro atoms. The second-order valence-corrected chi connectivity index (χ2v) is 6.15. The first-order valence-electron chi connectivity index (χ1n) is 5.07. The van der Waals surface area contributed by atoms with E-state index >= 15 is 0 Å². The summed E-state index contributed by atoms with van der Waals surface area (Å²) in [6, 6.07) is 10.5. The minimum atomic E-state index is -0.773. The first kappa shape index (κ1) is 14.4. The molecule has 2 aromatic carbocycles. The van der Waals surface area contributed by atoms with Crippen molar-refractivity contribution >= 4 is 57.4 Å². The van der Waals surface area contributed by atoms with Crippen molar-refractivity contribution in [3.8, 4) is 0 Å². The second kappa shape index (κ2) is 5.97. The molecule has 0 amide bonds. The molecule has 0 aromatic heterocycles. The lowest BCUT2D eigenvalue weighted by atomic mass is 10.0. The Kier molecular flexibility index (Phi) is 4.78. The Hall–Kier alpha value is -0.000000000000000111. The molecule has 0 aliphatic carbocycles. The highest BCUT2D eigenvalue weighted by Crippen LogP contribution is 2.31. The van der Waals surface area contributed by atoms with Crippen LogP contribution < -0.4 is 0 Å². The van der Waals surface area contributed by atoms with E-state index in [1.54, 1.807) is 30.3 Å². The molecule has 0 radical (unpaired) electrons. The van der Waals surface area contributed by atoms with Gasteiger partial charge in [0.2, 0.25) is 0 Å². The highest BCUT2D eigenvalue weighted by Gasteiger charge is 2.15. The molecule has 0 aliphatic heterocycles. The van der Waals surface area contributed by atoms with E-state index in [1.165, 1.54) is 0 Å². The molecule has 2 aromatic rings. The van der Waals surface area contributed by atoms with Gasteiger partial charge in [0, 0.05) is 8.59 Å². The Bertz CT molecular complexity index is 586. The minimum Gasteiger partial charge on any atom is -0.384 e. The molecule has 1 nitrogen and oxygen atoms in total. The van der Waals surface area contributed by atoms with Crippen LogP contribution >= 0.6 is 57.4 Å². The predicted molar refractivity (Wildman–Crippen MR) is 84.7 cm³/mol. The Labute approximate surface area is 134 Å². The van der Waals surface area contributed by atoms with E-state index in [0.717, 1.165) is 9.13 Å². The van der Waals surface area contributed by atoms with Crippen molar-refractivity contribution in [3.05, 3.63) is 66.2 Å². The molecular weight excluding hydrogens is 405 g/mol. The largest absolute Gasteiger partial charge is 0.384 e. The number of aliphatic hydroxyl groups excluding tert-OH is 1. The van der Waals surface area contributed by atoms with Gasteiger partial charge >= 0.3 is 0 Å². The van der Waals surface area contributed by atoms with E-state index < -0.39 is 6.10 Å². The third-order valence-corrected chi connectivity index (χ3v) is 4.47. The molecule has 1 N–H and O–H groups in total. The number of hydrogen-bond donors (Lipinski definition) is 1. The van der Waals surface area contributed by atoms with E-state index in [2.05, 4.69) is 22.6 Å². The van der Waals surface area contributed by atoms with E-state index in [1.807, 2.05) is 6.07 Å². The topological polar surface area (TPSA) is 20.2 Å². The van der Waals surface area contributed by atoms with Crippen molar-refractivity contribution in [3.63, 3.8) is 0 Å². The van der Waals surface area contributed by atoms with Crippen LogP contribution in [0, 0.1) is 3.57 Å². The maximum absolute atomic E-state index is 10.3. The van der Waals surface area contributed by atoms with Gasteiger partial charge in [0.05, 0.1) is 10.0 Å². The van der Waals surface area contributed by atoms with Gasteiger partial charge in [0.15, 0.2) is 0 Å². The van der Waals surface area contributed by atoms with E-state index in [0.29, 0.717) is 20.6 Å². The Morgan fingerprint density at radius 2 is 1.67 bits per heavy atom. The maximum Gasteiger partial charge on any atom is 0.105 e. The van der Waals surface area contributed by atoms with Crippen molar-refractivity contribution in [2.45, 2.75) is 6.10 Å². The summed E-state index contributed by atoms with van der Waals surface area (Å²) < 4.78 is 0.940. The zero-order valence-corrected chi connectivity index (χ0v) is 13.4. The monoisotopic (exact) mass is 412 g/mol. The molecule has 5 heteroatoms. The lowest BCUT2D eigenvalue weighted by molar-refractivity contribution is 0.219. The van der Waals surface area contributed by atoms with E-state index in [-0.39, 0.29) is 0 Å². The molecule has 0 saturated carbocycles. The lowest BCUT2D eigenvalue weighted by Gasteiger charge is -2.14. The van der Waals surface area contributed by atoms with Crippen molar-refractivity contribution in [1.82, 2.24) is 0 Å². The molecule has 0 aliphatic rings. The molecule has 2 rings (SSSR count). The summed E-state index contributed by atoms with van der Waals surface area (Å²) in [5.41, 5.74) is 1.44. The second-order valence-electron chi connectivity index (χ2n) is 3.74. The third kappa shape index (κ3) is 3.11. The minimum absolute atomic E-state index is 0.422. The number of halogens is 4. The number of benzene rings is 2. The Morgan fingerprint density at radius 3 is 2.33 bits per heavy atom. The highest BCUT2D eigenvalue weighted by atomic mass is 127. The summed E-state index contributed by atoms with van der Waals surface area (Å²) in [4.78, 5) is 0. The average Bonchev–Trinajstić information content (AvgIpc) is 2.35. The molecule has 94 valence electrons. The zero-order chi connectivity index (χ0) is 13.3. The first-order valence-corrected chi connectivity index (χ1v) is 7.28. The van der Waals surface area contributed by atoms with Crippen LogP contribution in [0.3, 0.4) is 0 Å². The SMILES string of the molecule is OC(c1ccc(Cl)c(Cl)c1)c1cc(Cl)ccc1I. The summed E-state index contributed by atoms with van der Waals surface area (Å²) >= 11 is 19.9. The Morgan fingerprint density at radius 1 is 0.944 bits per heavy atom. The van der Waals surface area contributed by atoms with Gasteiger partial charge in [0.25, 0.3) is 0 Å². The Balaban J connectivity index is 2.44. The number of hydrogen-bond acceptors (Lipinski definition) is 1. The predicted octanol–water partition coefficient (Wildman–Crippen LogP) is 5.33. The molecule has 0 fully saturated rings. The summed E-state index contributed by atoms with van der Waals surface area (Å²) in [6.07, 6.45) is -0.773. The van der Waals surface area contributed by atoms with Crippen LogP contribution in [0.15, 0.2) is 36.4 Å². The molecule has 1 unspecified atom stereocenters. The average molecular weight is 413 g/mol. The fourth-order valence-electron chi connectivity index (χ4n) is 1.59. The fourth-order valence-corrected chi connectivity index (χ4v) is 2.70. The molecule has 0 saturated heterocycles. The van der Waals surface area contributed by atoms with Gasteiger partial charge in [-0.25, -0.2) is 0 Å². The highest BCUT2D eigenvalue weighted by molar-refractivity contribution is 14.1. The van der Waals surface area contributed by atoms with Gasteiger partial charge in [-0.05, 0) is 64.0 Å². The van der Waals surface area contributed by atoms with Crippen LogP contribution in [0.25, 0.3) is 0 Å². The van der Waals surface area contributed by atoms with Crippen molar-refractivity contribution < 1.29 is 5.11 Å². The van der Waals surface area contributed by atoms with Gasteiger partial charge < -0.3 is 5.11 Å². The van der Waals surface area contributed by atoms with Gasteiger partial charge in [0.1, 0.15) is 6.10 Å². The smallest absolute Gasteiger partial charge is 0.105 e. The summed E-state index contributed by atoms with van der Waals surface area (Å²) in [6.45, 7) is 0. The first-order chi connectivity index (χ1) is 8.49. The molecule has 1 atom stereocenters. The molecule has 18 heavy (non-hydrogen) atoms. The lowest BCUT2D eigenvalue weighted by Crippen LogP contribution is -2.02. The third-order valence-electron chi connectivity index (χ3n) is 2.51. The van der Waals surface area contributed by atoms with Crippen molar-refractivity contribution in [2.24, 2.45) is 0 Å². The van der Waals surface area contributed by atoms with Crippen LogP contribution in [0.2, 0.25) is 15.1 Å². The standard InChI is InChI=1S/C13H8Cl3IO/c14-8-2-4-12(17)9(6-8)13(18)7-1-3-10(15)11(16)5-7/h1-6,13,18H. The molecule has 0 bridgehead atoms. The summed E-state index contributed by atoms with van der Waals surface area (Å²) in [5.74, 6) is 0. The normalized spacial score (nSPS) is 12.5. The van der Waals surface area contributed by atoms with Crippen LogP contribution in [0.1, 0.15) is 17.2 Å². The summed E-state index contributed by atoms with van der Waals surface area (Å²) in [5, 5.41) is 11.8. The van der Waals surface area contributed by atoms with Crippen LogP contribution in [0.4, 0.5) is 0 Å². The molecular formula is C13H8Cl3IO. The van der Waals surface area contributed by atoms with Crippen molar-refractivity contribution in [1.29, 1.82) is 0 Å². The van der Waals surface area contributed by atoms with Crippen LogP contribution in [-0.4, -0.2) is 5.11 Å². The van der Waals surface area contributed by atoms with Gasteiger partial charge in [-0.1, -0.05) is 40.9 Å². The van der Waals surface area contributed by atoms with Gasteiger partial charge in [-0.2, -0.15) is 0 Å². The molecule has 0 heterocycles. The van der Waals surface area contributed by atoms with Crippen molar-refractivity contribution in [2.75, 3.05) is 0 Å². The van der Waals surface area contributed by atoms with E-state index in [4.69, 9.17) is 34.8 Å². The van der Waals surface area contributed by atoms with E-state index in [9.17, 15) is 5.11 Å². The zero-order valence-electron chi connectivity index (χ0n) is 9.00. The van der Waals surface area contributed by atoms with Gasteiger partial charge in [-0.3, -0.25) is 0 Å². The summed E-state index contributed by atoms with van der Waals surface area (Å²) in [7, 11) is 0.